The number of amides is 3. The van der Waals surface area contributed by atoms with Crippen LogP contribution in [-0.2, 0) is 20.8 Å². The van der Waals surface area contributed by atoms with Crippen LogP contribution in [0.5, 0.6) is 0 Å². The van der Waals surface area contributed by atoms with Crippen molar-refractivity contribution in [2.45, 2.75) is 48.9 Å². The van der Waals surface area contributed by atoms with E-state index in [1.54, 1.807) is 12.1 Å². The summed E-state index contributed by atoms with van der Waals surface area (Å²) in [5, 5.41) is 2.32. The molecule has 1 heterocycles. The molecule has 0 spiro atoms. The number of rotatable bonds is 8. The monoisotopic (exact) mass is 537 g/mol. The number of halogens is 2. The Bertz CT molecular complexity index is 1320. The van der Waals surface area contributed by atoms with Crippen molar-refractivity contribution in [1.82, 2.24) is 4.90 Å². The molecule has 0 saturated heterocycles. The van der Waals surface area contributed by atoms with Gasteiger partial charge in [-0.3, -0.25) is 14.4 Å². The second-order valence-corrected chi connectivity index (χ2v) is 10.9. The van der Waals surface area contributed by atoms with Gasteiger partial charge in [0.25, 0.3) is 0 Å². The second-order valence-electron chi connectivity index (χ2n) is 9.68. The van der Waals surface area contributed by atoms with Crippen molar-refractivity contribution >= 4 is 35.2 Å². The summed E-state index contributed by atoms with van der Waals surface area (Å²) in [6.07, 6.45) is -0.207. The van der Waals surface area contributed by atoms with Crippen LogP contribution in [0, 0.1) is 17.6 Å². The van der Waals surface area contributed by atoms with Gasteiger partial charge in [0.1, 0.15) is 23.7 Å². The molecule has 3 amide bonds. The van der Waals surface area contributed by atoms with Crippen molar-refractivity contribution in [2.24, 2.45) is 11.7 Å². The van der Waals surface area contributed by atoms with Crippen LogP contribution in [0.1, 0.15) is 36.6 Å². The molecule has 38 heavy (non-hydrogen) atoms. The number of nitrogens with one attached hydrogen (secondary N) is 1. The third-order valence-corrected chi connectivity index (χ3v) is 7.70. The maximum absolute atomic E-state index is 14.0. The topological polar surface area (TPSA) is 92.5 Å². The molecule has 3 atom stereocenters. The minimum Gasteiger partial charge on any atom is -0.368 e. The SMILES string of the molecule is CC(C)C[C@@H](C(N)=O)N(C(=O)Cc1cc(F)cc(F)c1)[C@@H]1C(=O)Nc2ccccc2S[C@@H]1c1ccccc1. The Hall–Kier alpha value is -3.72. The molecule has 3 N–H and O–H groups in total. The lowest BCUT2D eigenvalue weighted by Gasteiger charge is -2.39. The summed E-state index contributed by atoms with van der Waals surface area (Å²) in [7, 11) is 0. The average Bonchev–Trinajstić information content (AvgIpc) is 2.99. The van der Waals surface area contributed by atoms with Gasteiger partial charge >= 0.3 is 0 Å². The molecule has 9 heteroatoms. The predicted molar refractivity (Wildman–Crippen MR) is 143 cm³/mol. The van der Waals surface area contributed by atoms with E-state index in [1.807, 2.05) is 56.3 Å². The zero-order valence-corrected chi connectivity index (χ0v) is 21.9. The summed E-state index contributed by atoms with van der Waals surface area (Å²) in [5.41, 5.74) is 7.29. The van der Waals surface area contributed by atoms with Gasteiger partial charge in [-0.05, 0) is 47.7 Å². The van der Waals surface area contributed by atoms with Crippen molar-refractivity contribution in [1.29, 1.82) is 0 Å². The quantitative estimate of drug-likeness (QED) is 0.419. The van der Waals surface area contributed by atoms with E-state index in [4.69, 9.17) is 5.73 Å². The van der Waals surface area contributed by atoms with E-state index in [-0.39, 0.29) is 17.9 Å². The zero-order chi connectivity index (χ0) is 27.4. The number of benzene rings is 3. The first-order valence-corrected chi connectivity index (χ1v) is 13.2. The molecule has 0 bridgehead atoms. The number of nitrogens with two attached hydrogens (primary N) is 1. The second kappa shape index (κ2) is 11.8. The largest absolute Gasteiger partial charge is 0.368 e. The zero-order valence-electron chi connectivity index (χ0n) is 21.1. The van der Waals surface area contributed by atoms with Gasteiger partial charge in [-0.2, -0.15) is 0 Å². The Morgan fingerprint density at radius 2 is 1.63 bits per heavy atom. The molecule has 3 aromatic rings. The highest BCUT2D eigenvalue weighted by molar-refractivity contribution is 7.99. The van der Waals surface area contributed by atoms with Crippen LogP contribution in [0.3, 0.4) is 0 Å². The van der Waals surface area contributed by atoms with Crippen molar-refractivity contribution in [3.63, 3.8) is 0 Å². The number of nitrogens with zero attached hydrogens (tertiary/aromatic N) is 1. The van der Waals surface area contributed by atoms with Gasteiger partial charge in [-0.25, -0.2) is 8.78 Å². The molecule has 0 aromatic heterocycles. The number of carbonyl (C=O) groups is 3. The van der Waals surface area contributed by atoms with Crippen molar-refractivity contribution in [2.75, 3.05) is 5.32 Å². The first-order valence-electron chi connectivity index (χ1n) is 12.3. The van der Waals surface area contributed by atoms with Crippen molar-refractivity contribution < 1.29 is 23.2 Å². The first kappa shape index (κ1) is 27.3. The van der Waals surface area contributed by atoms with E-state index >= 15 is 0 Å². The van der Waals surface area contributed by atoms with Gasteiger partial charge in [-0.15, -0.1) is 11.8 Å². The lowest BCUT2D eigenvalue weighted by atomic mass is 9.95. The van der Waals surface area contributed by atoms with Gasteiger partial charge in [0.2, 0.25) is 17.7 Å². The Labute approximate surface area is 224 Å². The molecular formula is C29H29F2N3O3S. The Morgan fingerprint density at radius 3 is 2.26 bits per heavy atom. The molecular weight excluding hydrogens is 508 g/mol. The number of primary amides is 1. The van der Waals surface area contributed by atoms with E-state index in [0.717, 1.165) is 28.7 Å². The van der Waals surface area contributed by atoms with Gasteiger partial charge in [0, 0.05) is 11.0 Å². The highest BCUT2D eigenvalue weighted by atomic mass is 32.2. The van der Waals surface area contributed by atoms with Gasteiger partial charge in [0.15, 0.2) is 0 Å². The lowest BCUT2D eigenvalue weighted by molar-refractivity contribution is -0.146. The maximum Gasteiger partial charge on any atom is 0.248 e. The average molecular weight is 538 g/mol. The molecule has 3 aromatic carbocycles. The molecule has 198 valence electrons. The van der Waals surface area contributed by atoms with E-state index in [9.17, 15) is 23.2 Å². The molecule has 6 nitrogen and oxygen atoms in total. The lowest BCUT2D eigenvalue weighted by Crippen LogP contribution is -2.58. The highest BCUT2D eigenvalue weighted by Gasteiger charge is 2.45. The fourth-order valence-corrected chi connectivity index (χ4v) is 6.05. The summed E-state index contributed by atoms with van der Waals surface area (Å²) in [6, 6.07) is 17.1. The van der Waals surface area contributed by atoms with Crippen LogP contribution in [0.25, 0.3) is 0 Å². The number of thioether (sulfide) groups is 1. The van der Waals surface area contributed by atoms with E-state index in [0.29, 0.717) is 5.69 Å². The Kier molecular flexibility index (Phi) is 8.46. The smallest absolute Gasteiger partial charge is 0.248 e. The summed E-state index contributed by atoms with van der Waals surface area (Å²) >= 11 is 1.40. The fourth-order valence-electron chi connectivity index (χ4n) is 4.70. The molecule has 0 aliphatic carbocycles. The summed E-state index contributed by atoms with van der Waals surface area (Å²) in [4.78, 5) is 42.7. The Balaban J connectivity index is 1.86. The first-order chi connectivity index (χ1) is 18.1. The van der Waals surface area contributed by atoms with E-state index in [2.05, 4.69) is 5.32 Å². The van der Waals surface area contributed by atoms with E-state index in [1.165, 1.54) is 16.7 Å². The Morgan fingerprint density at radius 1 is 1.00 bits per heavy atom. The number of hydrogen-bond acceptors (Lipinski definition) is 4. The number of carbonyl (C=O) groups excluding carboxylic acids is 3. The normalized spacial score (nSPS) is 17.8. The van der Waals surface area contributed by atoms with Crippen LogP contribution in [0.4, 0.5) is 14.5 Å². The maximum atomic E-state index is 14.0. The minimum atomic E-state index is -1.14. The van der Waals surface area contributed by atoms with Gasteiger partial charge < -0.3 is 16.0 Å². The molecule has 0 fully saturated rings. The highest BCUT2D eigenvalue weighted by Crippen LogP contribution is 2.46. The van der Waals surface area contributed by atoms with Crippen molar-refractivity contribution in [3.8, 4) is 0 Å². The van der Waals surface area contributed by atoms with Crippen LogP contribution >= 0.6 is 11.8 Å². The van der Waals surface area contributed by atoms with E-state index < -0.39 is 53.1 Å². The molecule has 0 unspecified atom stereocenters. The molecule has 4 rings (SSSR count). The summed E-state index contributed by atoms with van der Waals surface area (Å²) in [5.74, 6) is -3.56. The van der Waals surface area contributed by atoms with Gasteiger partial charge in [0.05, 0.1) is 17.4 Å². The molecule has 0 saturated carbocycles. The number of anilines is 1. The molecule has 0 radical (unpaired) electrons. The van der Waals surface area contributed by atoms with Crippen LogP contribution in [-0.4, -0.2) is 34.7 Å². The van der Waals surface area contributed by atoms with Crippen LogP contribution in [0.2, 0.25) is 0 Å². The third-order valence-electron chi connectivity index (χ3n) is 6.31. The molecule has 1 aliphatic rings. The number of hydrogen-bond donors (Lipinski definition) is 2. The third kappa shape index (κ3) is 6.22. The summed E-state index contributed by atoms with van der Waals surface area (Å²) < 4.78 is 27.9. The van der Waals surface area contributed by atoms with Crippen LogP contribution < -0.4 is 11.1 Å². The van der Waals surface area contributed by atoms with Crippen molar-refractivity contribution in [3.05, 3.63) is 95.6 Å². The summed E-state index contributed by atoms with van der Waals surface area (Å²) in [6.45, 7) is 3.76. The minimum absolute atomic E-state index is 0.0386. The van der Waals surface area contributed by atoms with Gasteiger partial charge in [-0.1, -0.05) is 56.3 Å². The number of para-hydroxylation sites is 1. The predicted octanol–water partition coefficient (Wildman–Crippen LogP) is 5.09. The van der Waals surface area contributed by atoms with Crippen LogP contribution in [0.15, 0.2) is 77.7 Å². The fraction of sp³-hybridized carbons (Fsp3) is 0.276. The standard InChI is InChI=1S/C29H29F2N3O3S/c1-17(2)12-23(28(32)36)34(25(35)15-18-13-20(30)16-21(31)14-18)26-27(19-8-4-3-5-9-19)38-24-11-7-6-10-22(24)33-29(26)37/h3-11,13-14,16-17,23,26-27H,12,15H2,1-2H3,(H2,32,36)(H,33,37)/t23-,26-,27+/m0/s1. The number of fused-ring (bicyclic) bond motifs is 1. The molecule has 1 aliphatic heterocycles.